The molecular weight excluding hydrogens is 348 g/mol. The van der Waals surface area contributed by atoms with Crippen molar-refractivity contribution < 1.29 is 23.7 Å². The number of amides is 1. The van der Waals surface area contributed by atoms with Crippen LogP contribution in [0.2, 0.25) is 0 Å². The molecule has 0 saturated heterocycles. The molecule has 0 aliphatic rings. The third-order valence-electron chi connectivity index (χ3n) is 4.24. The van der Waals surface area contributed by atoms with Crippen molar-refractivity contribution in [2.24, 2.45) is 5.92 Å². The number of hydrogen-bond donors (Lipinski definition) is 2. The number of ether oxygens (including phenoxy) is 4. The van der Waals surface area contributed by atoms with Crippen LogP contribution in [0.5, 0.6) is 11.5 Å². The van der Waals surface area contributed by atoms with Crippen LogP contribution in [0.3, 0.4) is 0 Å². The SMILES string of the molecule is COc1ccc(CCNC(=O)[C@@H](CC(C)C)NCC(OC)OC)cc1OC. The molecule has 7 heteroatoms. The van der Waals surface area contributed by atoms with Gasteiger partial charge in [-0.15, -0.1) is 0 Å². The predicted molar refractivity (Wildman–Crippen MR) is 105 cm³/mol. The van der Waals surface area contributed by atoms with Crippen LogP contribution in [0.15, 0.2) is 18.2 Å². The summed E-state index contributed by atoms with van der Waals surface area (Å²) < 4.78 is 20.9. The normalized spacial score (nSPS) is 12.3. The van der Waals surface area contributed by atoms with Gasteiger partial charge in [-0.1, -0.05) is 19.9 Å². The Balaban J connectivity index is 2.57. The summed E-state index contributed by atoms with van der Waals surface area (Å²) in [4.78, 5) is 12.6. The van der Waals surface area contributed by atoms with E-state index >= 15 is 0 Å². The van der Waals surface area contributed by atoms with E-state index in [9.17, 15) is 4.79 Å². The molecule has 27 heavy (non-hydrogen) atoms. The average Bonchev–Trinajstić information content (AvgIpc) is 2.67. The van der Waals surface area contributed by atoms with Crippen molar-refractivity contribution in [1.82, 2.24) is 10.6 Å². The summed E-state index contributed by atoms with van der Waals surface area (Å²) in [5, 5.41) is 6.24. The lowest BCUT2D eigenvalue weighted by Gasteiger charge is -2.22. The second-order valence-electron chi connectivity index (χ2n) is 6.72. The van der Waals surface area contributed by atoms with Crippen LogP contribution in [0.4, 0.5) is 0 Å². The molecule has 1 aromatic rings. The van der Waals surface area contributed by atoms with Crippen LogP contribution in [-0.2, 0) is 20.7 Å². The summed E-state index contributed by atoms with van der Waals surface area (Å²) in [5.74, 6) is 1.75. The van der Waals surface area contributed by atoms with Gasteiger partial charge >= 0.3 is 0 Å². The third kappa shape index (κ3) is 8.15. The monoisotopic (exact) mass is 382 g/mol. The van der Waals surface area contributed by atoms with Gasteiger partial charge in [-0.2, -0.15) is 0 Å². The minimum Gasteiger partial charge on any atom is -0.493 e. The molecule has 0 saturated carbocycles. The van der Waals surface area contributed by atoms with Crippen molar-refractivity contribution in [1.29, 1.82) is 0 Å². The van der Waals surface area contributed by atoms with E-state index in [2.05, 4.69) is 24.5 Å². The third-order valence-corrected chi connectivity index (χ3v) is 4.24. The minimum atomic E-state index is -0.376. The first-order valence-electron chi connectivity index (χ1n) is 9.22. The van der Waals surface area contributed by atoms with E-state index in [1.54, 1.807) is 28.4 Å². The summed E-state index contributed by atoms with van der Waals surface area (Å²) >= 11 is 0. The summed E-state index contributed by atoms with van der Waals surface area (Å²) in [6.07, 6.45) is 1.07. The van der Waals surface area contributed by atoms with E-state index in [4.69, 9.17) is 18.9 Å². The zero-order chi connectivity index (χ0) is 20.2. The van der Waals surface area contributed by atoms with E-state index < -0.39 is 0 Å². The van der Waals surface area contributed by atoms with Gasteiger partial charge in [-0.3, -0.25) is 4.79 Å². The van der Waals surface area contributed by atoms with Gasteiger partial charge in [0.15, 0.2) is 17.8 Å². The Bertz CT molecular complexity index is 561. The van der Waals surface area contributed by atoms with Gasteiger partial charge in [0.2, 0.25) is 5.91 Å². The lowest BCUT2D eigenvalue weighted by atomic mass is 10.0. The molecule has 0 radical (unpaired) electrons. The van der Waals surface area contributed by atoms with Crippen LogP contribution in [0, 0.1) is 5.92 Å². The Kier molecular flexibility index (Phi) is 10.8. The summed E-state index contributed by atoms with van der Waals surface area (Å²) in [6, 6.07) is 5.48. The smallest absolute Gasteiger partial charge is 0.237 e. The first-order chi connectivity index (χ1) is 12.9. The Labute approximate surface area is 162 Å². The number of carbonyl (C=O) groups excluding carboxylic acids is 1. The second kappa shape index (κ2) is 12.5. The van der Waals surface area contributed by atoms with Crippen LogP contribution in [0.25, 0.3) is 0 Å². The first kappa shape index (κ1) is 23.2. The fourth-order valence-electron chi connectivity index (χ4n) is 2.75. The molecule has 1 rings (SSSR count). The Morgan fingerprint density at radius 2 is 1.70 bits per heavy atom. The molecule has 1 aromatic carbocycles. The van der Waals surface area contributed by atoms with Crippen molar-refractivity contribution >= 4 is 5.91 Å². The summed E-state index contributed by atoms with van der Waals surface area (Å²) in [7, 11) is 6.38. The Hall–Kier alpha value is -1.83. The van der Waals surface area contributed by atoms with Gasteiger partial charge in [0.25, 0.3) is 0 Å². The molecule has 1 atom stereocenters. The summed E-state index contributed by atoms with van der Waals surface area (Å²) in [6.45, 7) is 5.18. The highest BCUT2D eigenvalue weighted by Crippen LogP contribution is 2.27. The highest BCUT2D eigenvalue weighted by molar-refractivity contribution is 5.81. The number of rotatable bonds is 13. The van der Waals surface area contributed by atoms with Crippen molar-refractivity contribution in [3.05, 3.63) is 23.8 Å². The zero-order valence-corrected chi connectivity index (χ0v) is 17.3. The molecule has 7 nitrogen and oxygen atoms in total. The molecule has 0 unspecified atom stereocenters. The number of hydrogen-bond acceptors (Lipinski definition) is 6. The predicted octanol–water partition coefficient (Wildman–Crippen LogP) is 1.99. The van der Waals surface area contributed by atoms with Gasteiger partial charge in [-0.05, 0) is 36.5 Å². The number of benzene rings is 1. The Morgan fingerprint density at radius 3 is 2.26 bits per heavy atom. The van der Waals surface area contributed by atoms with E-state index in [1.807, 2.05) is 18.2 Å². The largest absolute Gasteiger partial charge is 0.493 e. The molecule has 0 aliphatic heterocycles. The van der Waals surface area contributed by atoms with Crippen LogP contribution in [-0.4, -0.2) is 59.8 Å². The number of methoxy groups -OCH3 is 4. The minimum absolute atomic E-state index is 0.0184. The van der Waals surface area contributed by atoms with Crippen molar-refractivity contribution in [2.75, 3.05) is 41.5 Å². The van der Waals surface area contributed by atoms with Gasteiger partial charge in [0.05, 0.1) is 20.3 Å². The lowest BCUT2D eigenvalue weighted by molar-refractivity contribution is -0.125. The number of nitrogens with one attached hydrogen (secondary N) is 2. The van der Waals surface area contributed by atoms with Gasteiger partial charge in [0, 0.05) is 27.3 Å². The summed E-state index contributed by atoms with van der Waals surface area (Å²) in [5.41, 5.74) is 1.07. The van der Waals surface area contributed by atoms with Crippen LogP contribution >= 0.6 is 0 Å². The molecule has 0 bridgehead atoms. The quantitative estimate of drug-likeness (QED) is 0.508. The van der Waals surface area contributed by atoms with Crippen molar-refractivity contribution in [2.45, 2.75) is 39.0 Å². The van der Waals surface area contributed by atoms with Crippen LogP contribution < -0.4 is 20.1 Å². The lowest BCUT2D eigenvalue weighted by Crippen LogP contribution is -2.48. The molecule has 2 N–H and O–H groups in total. The topological polar surface area (TPSA) is 78.1 Å². The zero-order valence-electron chi connectivity index (χ0n) is 17.3. The second-order valence-corrected chi connectivity index (χ2v) is 6.72. The van der Waals surface area contributed by atoms with Crippen molar-refractivity contribution in [3.63, 3.8) is 0 Å². The molecule has 0 fully saturated rings. The highest BCUT2D eigenvalue weighted by Gasteiger charge is 2.20. The maximum Gasteiger partial charge on any atom is 0.237 e. The molecule has 154 valence electrons. The fraction of sp³-hybridized carbons (Fsp3) is 0.650. The van der Waals surface area contributed by atoms with Gasteiger partial charge in [-0.25, -0.2) is 0 Å². The Morgan fingerprint density at radius 1 is 1.04 bits per heavy atom. The maximum absolute atomic E-state index is 12.6. The molecule has 0 aromatic heterocycles. The van der Waals surface area contributed by atoms with E-state index in [0.29, 0.717) is 36.9 Å². The fourth-order valence-corrected chi connectivity index (χ4v) is 2.75. The van der Waals surface area contributed by atoms with E-state index in [0.717, 1.165) is 12.0 Å². The standard InChI is InChI=1S/C20H34N2O5/c1-14(2)11-16(22-13-19(26-5)27-6)20(23)21-10-9-15-7-8-17(24-3)18(12-15)25-4/h7-8,12,14,16,19,22H,9-11,13H2,1-6H3,(H,21,23)/t16-/m1/s1. The van der Waals surface area contributed by atoms with Crippen molar-refractivity contribution in [3.8, 4) is 11.5 Å². The van der Waals surface area contributed by atoms with E-state index in [-0.39, 0.29) is 18.2 Å². The van der Waals surface area contributed by atoms with Crippen LogP contribution in [0.1, 0.15) is 25.8 Å². The maximum atomic E-state index is 12.6. The molecule has 0 heterocycles. The van der Waals surface area contributed by atoms with Gasteiger partial charge < -0.3 is 29.6 Å². The molecule has 0 spiro atoms. The molecule has 1 amide bonds. The van der Waals surface area contributed by atoms with Gasteiger partial charge in [0.1, 0.15) is 0 Å². The number of carbonyl (C=O) groups is 1. The molecule has 0 aliphatic carbocycles. The van der Waals surface area contributed by atoms with E-state index in [1.165, 1.54) is 0 Å². The first-order valence-corrected chi connectivity index (χ1v) is 9.22. The highest BCUT2D eigenvalue weighted by atomic mass is 16.7. The average molecular weight is 383 g/mol. The molecular formula is C20H34N2O5.